The number of nitrogens with one attached hydrogen (secondary N) is 1. The zero-order valence-corrected chi connectivity index (χ0v) is 20.3. The number of fused-ring (bicyclic) bond motifs is 1. The van der Waals surface area contributed by atoms with Crippen molar-refractivity contribution in [3.63, 3.8) is 0 Å². The summed E-state index contributed by atoms with van der Waals surface area (Å²) in [5, 5.41) is 14.3. The lowest BCUT2D eigenvalue weighted by atomic mass is 9.90. The predicted octanol–water partition coefficient (Wildman–Crippen LogP) is 4.65. The Morgan fingerprint density at radius 3 is 2.72 bits per heavy atom. The summed E-state index contributed by atoms with van der Waals surface area (Å²) in [4.78, 5) is 8.36. The molecule has 4 aromatic rings. The van der Waals surface area contributed by atoms with Gasteiger partial charge in [-0.05, 0) is 46.7 Å². The number of allylic oxidation sites excluding steroid dienone is 3. The molecular weight excluding hydrogens is 446 g/mol. The Morgan fingerprint density at radius 2 is 1.89 bits per heavy atom. The highest BCUT2D eigenvalue weighted by Crippen LogP contribution is 2.34. The molecule has 1 aliphatic carbocycles. The van der Waals surface area contributed by atoms with E-state index in [2.05, 4.69) is 121 Å². The highest BCUT2D eigenvalue weighted by molar-refractivity contribution is 5.81. The van der Waals surface area contributed by atoms with Crippen LogP contribution >= 0.6 is 0 Å². The van der Waals surface area contributed by atoms with Gasteiger partial charge >= 0.3 is 0 Å². The first-order valence-corrected chi connectivity index (χ1v) is 12.7. The van der Waals surface area contributed by atoms with E-state index in [9.17, 15) is 0 Å². The molecule has 0 saturated carbocycles. The lowest BCUT2D eigenvalue weighted by molar-refractivity contribution is 0.0786. The summed E-state index contributed by atoms with van der Waals surface area (Å²) in [6, 6.07) is 19.0. The Hall–Kier alpha value is -3.81. The first kappa shape index (κ1) is 22.6. The van der Waals surface area contributed by atoms with E-state index < -0.39 is 0 Å². The molecule has 6 rings (SSSR count). The Labute approximate surface area is 211 Å². The van der Waals surface area contributed by atoms with Crippen molar-refractivity contribution in [2.45, 2.75) is 12.5 Å². The molecule has 2 aromatic heterocycles. The molecule has 1 aliphatic heterocycles. The Kier molecular flexibility index (Phi) is 6.56. The van der Waals surface area contributed by atoms with Crippen molar-refractivity contribution >= 4 is 17.0 Å². The normalized spacial score (nSPS) is 19.9. The molecule has 3 heterocycles. The fourth-order valence-corrected chi connectivity index (χ4v) is 5.32. The van der Waals surface area contributed by atoms with Gasteiger partial charge < -0.3 is 4.98 Å². The third kappa shape index (κ3) is 4.80. The van der Waals surface area contributed by atoms with Gasteiger partial charge in [-0.1, -0.05) is 66.8 Å². The largest absolute Gasteiger partial charge is 0.361 e. The van der Waals surface area contributed by atoms with Crippen LogP contribution in [0.1, 0.15) is 23.9 Å². The standard InChI is InChI=1S/C29H31N7/c1-3-8-23(9-4-1)10-7-17-34-18-20-35(21-19-34)28(24-11-5-2-6-12-24)29-31-32-33-36(29)26-13-14-27-25(22-26)15-16-30-27/h1-11,13-16,22,24,28,30H,12,17-21H2/b10-7+/t24?,28-/m0/s1. The van der Waals surface area contributed by atoms with Crippen molar-refractivity contribution in [3.8, 4) is 5.69 Å². The Balaban J connectivity index is 1.21. The smallest absolute Gasteiger partial charge is 0.174 e. The fraction of sp³-hybridized carbons (Fsp3) is 0.276. The van der Waals surface area contributed by atoms with Crippen LogP contribution in [-0.2, 0) is 0 Å². The van der Waals surface area contributed by atoms with E-state index in [1.54, 1.807) is 0 Å². The van der Waals surface area contributed by atoms with Gasteiger partial charge in [0.1, 0.15) is 0 Å². The lowest BCUT2D eigenvalue weighted by Crippen LogP contribution is -2.49. The zero-order valence-electron chi connectivity index (χ0n) is 20.3. The molecule has 7 nitrogen and oxygen atoms in total. The van der Waals surface area contributed by atoms with Crippen LogP contribution in [-0.4, -0.2) is 67.7 Å². The van der Waals surface area contributed by atoms with Crippen molar-refractivity contribution in [2.75, 3.05) is 32.7 Å². The number of hydrogen-bond acceptors (Lipinski definition) is 5. The van der Waals surface area contributed by atoms with Crippen molar-refractivity contribution < 1.29 is 0 Å². The molecule has 0 spiro atoms. The Morgan fingerprint density at radius 1 is 1.00 bits per heavy atom. The second-order valence-electron chi connectivity index (χ2n) is 9.51. The van der Waals surface area contributed by atoms with Crippen LogP contribution in [0.15, 0.2) is 91.2 Å². The molecule has 1 saturated heterocycles. The summed E-state index contributed by atoms with van der Waals surface area (Å²) in [5.74, 6) is 1.24. The number of piperazine rings is 1. The SMILES string of the molecule is C1=CCC([C@@H](c2nnnn2-c2ccc3[nH]ccc3c2)N2CCN(C/C=C/c3ccccc3)CC2)C=C1. The monoisotopic (exact) mass is 477 g/mol. The molecule has 1 N–H and O–H groups in total. The molecule has 36 heavy (non-hydrogen) atoms. The molecule has 2 aromatic carbocycles. The highest BCUT2D eigenvalue weighted by Gasteiger charge is 2.34. The predicted molar refractivity (Wildman–Crippen MR) is 144 cm³/mol. The van der Waals surface area contributed by atoms with E-state index in [0.29, 0.717) is 5.92 Å². The van der Waals surface area contributed by atoms with Gasteiger partial charge in [-0.25, -0.2) is 0 Å². The highest BCUT2D eigenvalue weighted by atomic mass is 15.6. The van der Waals surface area contributed by atoms with E-state index in [4.69, 9.17) is 0 Å². The average molecular weight is 478 g/mol. The average Bonchev–Trinajstić information content (AvgIpc) is 3.60. The van der Waals surface area contributed by atoms with Crippen LogP contribution in [0.4, 0.5) is 0 Å². The van der Waals surface area contributed by atoms with E-state index in [-0.39, 0.29) is 6.04 Å². The molecular formula is C29H31N7. The lowest BCUT2D eigenvalue weighted by Gasteiger charge is -2.41. The van der Waals surface area contributed by atoms with Gasteiger partial charge in [0.25, 0.3) is 0 Å². The minimum absolute atomic E-state index is 0.116. The van der Waals surface area contributed by atoms with Crippen molar-refractivity contribution in [3.05, 3.63) is 103 Å². The van der Waals surface area contributed by atoms with E-state index in [1.165, 1.54) is 5.56 Å². The number of rotatable bonds is 7. The maximum absolute atomic E-state index is 4.58. The van der Waals surface area contributed by atoms with Crippen LogP contribution in [0.2, 0.25) is 0 Å². The summed E-state index contributed by atoms with van der Waals surface area (Å²) in [6.45, 7) is 4.99. The second-order valence-corrected chi connectivity index (χ2v) is 9.51. The molecule has 1 fully saturated rings. The summed E-state index contributed by atoms with van der Waals surface area (Å²) < 4.78 is 1.93. The van der Waals surface area contributed by atoms with Crippen molar-refractivity contribution in [1.29, 1.82) is 0 Å². The van der Waals surface area contributed by atoms with Crippen LogP contribution in [0.25, 0.3) is 22.7 Å². The summed E-state index contributed by atoms with van der Waals surface area (Å²) in [6.07, 6.45) is 16.3. The fourth-order valence-electron chi connectivity index (χ4n) is 5.32. The number of hydrogen-bond donors (Lipinski definition) is 1. The second kappa shape index (κ2) is 10.4. The maximum atomic E-state index is 4.58. The van der Waals surface area contributed by atoms with Gasteiger partial charge in [-0.15, -0.1) is 5.10 Å². The summed E-state index contributed by atoms with van der Waals surface area (Å²) >= 11 is 0. The van der Waals surface area contributed by atoms with Gasteiger partial charge in [0, 0.05) is 55.7 Å². The number of H-pyrrole nitrogens is 1. The van der Waals surface area contributed by atoms with Crippen LogP contribution < -0.4 is 0 Å². The van der Waals surface area contributed by atoms with E-state index in [1.807, 2.05) is 10.9 Å². The number of tetrazole rings is 1. The first-order valence-electron chi connectivity index (χ1n) is 12.7. The van der Waals surface area contributed by atoms with Crippen molar-refractivity contribution in [1.82, 2.24) is 35.0 Å². The van der Waals surface area contributed by atoms with Crippen LogP contribution in [0.5, 0.6) is 0 Å². The summed E-state index contributed by atoms with van der Waals surface area (Å²) in [5.41, 5.74) is 3.35. The number of aromatic nitrogens is 5. The van der Waals surface area contributed by atoms with Gasteiger partial charge in [-0.2, -0.15) is 4.68 Å². The van der Waals surface area contributed by atoms with Gasteiger partial charge in [0.2, 0.25) is 0 Å². The molecule has 182 valence electrons. The molecule has 1 unspecified atom stereocenters. The number of nitrogens with zero attached hydrogens (tertiary/aromatic N) is 6. The quantitative estimate of drug-likeness (QED) is 0.420. The molecule has 2 atom stereocenters. The third-order valence-electron chi connectivity index (χ3n) is 7.23. The minimum Gasteiger partial charge on any atom is -0.361 e. The third-order valence-corrected chi connectivity index (χ3v) is 7.23. The van der Waals surface area contributed by atoms with Crippen molar-refractivity contribution in [2.24, 2.45) is 5.92 Å². The molecule has 0 bridgehead atoms. The minimum atomic E-state index is 0.116. The number of benzene rings is 2. The Bertz CT molecular complexity index is 1370. The molecule has 0 radical (unpaired) electrons. The van der Waals surface area contributed by atoms with Gasteiger partial charge in [0.15, 0.2) is 5.82 Å². The molecule has 2 aliphatic rings. The van der Waals surface area contributed by atoms with Crippen LogP contribution in [0.3, 0.4) is 0 Å². The van der Waals surface area contributed by atoms with E-state index >= 15 is 0 Å². The number of aromatic amines is 1. The molecule has 7 heteroatoms. The first-order chi connectivity index (χ1) is 17.8. The summed E-state index contributed by atoms with van der Waals surface area (Å²) in [7, 11) is 0. The van der Waals surface area contributed by atoms with Crippen LogP contribution in [0, 0.1) is 5.92 Å². The van der Waals surface area contributed by atoms with Gasteiger partial charge in [0.05, 0.1) is 11.7 Å². The zero-order chi connectivity index (χ0) is 24.2. The van der Waals surface area contributed by atoms with E-state index in [0.717, 1.165) is 61.6 Å². The topological polar surface area (TPSA) is 65.9 Å². The maximum Gasteiger partial charge on any atom is 0.174 e. The van der Waals surface area contributed by atoms with Gasteiger partial charge in [-0.3, -0.25) is 9.80 Å². The molecule has 0 amide bonds.